The predicted molar refractivity (Wildman–Crippen MR) is 72.9 cm³/mol. The molecule has 7 heteroatoms. The second kappa shape index (κ2) is 5.24. The second-order valence-electron chi connectivity index (χ2n) is 5.04. The van der Waals surface area contributed by atoms with Crippen LogP contribution in [0.4, 0.5) is 5.69 Å². The molecule has 2 unspecified atom stereocenters. The zero-order valence-electron chi connectivity index (χ0n) is 10.9. The fourth-order valence-corrected chi connectivity index (χ4v) is 2.78. The van der Waals surface area contributed by atoms with Crippen molar-refractivity contribution in [2.45, 2.75) is 12.2 Å². The minimum atomic E-state index is -3.09. The number of nitrogens with one attached hydrogen (secondary N) is 1. The van der Waals surface area contributed by atoms with Crippen LogP contribution in [-0.2, 0) is 25.2 Å². The normalized spacial score (nSPS) is 21.2. The third-order valence-corrected chi connectivity index (χ3v) is 3.95. The van der Waals surface area contributed by atoms with Crippen LogP contribution in [0.15, 0.2) is 24.3 Å². The molecule has 6 nitrogen and oxygen atoms in total. The topological polar surface area (TPSA) is 101 Å². The van der Waals surface area contributed by atoms with Crippen molar-refractivity contribution < 1.29 is 23.1 Å². The van der Waals surface area contributed by atoms with E-state index in [4.69, 9.17) is 5.11 Å². The first-order valence-corrected chi connectivity index (χ1v) is 8.12. The predicted octanol–water partition coefficient (Wildman–Crippen LogP) is 0.890. The SMILES string of the molecule is CS(=O)(=O)Cc1ccc(NC(=O)C2CC2C(=O)O)cc1. The summed E-state index contributed by atoms with van der Waals surface area (Å²) in [5.74, 6) is -2.37. The highest BCUT2D eigenvalue weighted by Crippen LogP contribution is 2.39. The molecule has 108 valence electrons. The van der Waals surface area contributed by atoms with Crippen molar-refractivity contribution in [2.24, 2.45) is 11.8 Å². The Morgan fingerprint density at radius 1 is 1.25 bits per heavy atom. The highest BCUT2D eigenvalue weighted by molar-refractivity contribution is 7.89. The van der Waals surface area contributed by atoms with Crippen molar-refractivity contribution in [1.29, 1.82) is 0 Å². The number of amides is 1. The van der Waals surface area contributed by atoms with Gasteiger partial charge in [0.05, 0.1) is 17.6 Å². The lowest BCUT2D eigenvalue weighted by molar-refractivity contribution is -0.139. The molecule has 2 atom stereocenters. The summed E-state index contributed by atoms with van der Waals surface area (Å²) in [6.45, 7) is 0. The van der Waals surface area contributed by atoms with Crippen LogP contribution in [0.2, 0.25) is 0 Å². The van der Waals surface area contributed by atoms with Gasteiger partial charge in [0.25, 0.3) is 0 Å². The van der Waals surface area contributed by atoms with Crippen LogP contribution in [0.5, 0.6) is 0 Å². The monoisotopic (exact) mass is 297 g/mol. The van der Waals surface area contributed by atoms with Crippen LogP contribution in [0.3, 0.4) is 0 Å². The van der Waals surface area contributed by atoms with Gasteiger partial charge in [-0.1, -0.05) is 12.1 Å². The maximum Gasteiger partial charge on any atom is 0.307 e. The molecule has 1 aromatic rings. The van der Waals surface area contributed by atoms with Crippen molar-refractivity contribution in [3.05, 3.63) is 29.8 Å². The van der Waals surface area contributed by atoms with E-state index in [1.807, 2.05) is 0 Å². The second-order valence-corrected chi connectivity index (χ2v) is 7.18. The highest BCUT2D eigenvalue weighted by atomic mass is 32.2. The van der Waals surface area contributed by atoms with Gasteiger partial charge in [-0.2, -0.15) is 0 Å². The molecule has 0 aromatic heterocycles. The zero-order valence-corrected chi connectivity index (χ0v) is 11.7. The zero-order chi connectivity index (χ0) is 14.9. The van der Waals surface area contributed by atoms with Gasteiger partial charge in [-0.15, -0.1) is 0 Å². The number of carboxylic acid groups (broad SMARTS) is 1. The Hall–Kier alpha value is -1.89. The van der Waals surface area contributed by atoms with E-state index in [0.717, 1.165) is 6.26 Å². The summed E-state index contributed by atoms with van der Waals surface area (Å²) in [5, 5.41) is 11.4. The van der Waals surface area contributed by atoms with Gasteiger partial charge in [-0.3, -0.25) is 9.59 Å². The van der Waals surface area contributed by atoms with Gasteiger partial charge in [0, 0.05) is 11.9 Å². The number of carbonyl (C=O) groups excluding carboxylic acids is 1. The Morgan fingerprint density at radius 3 is 2.30 bits per heavy atom. The number of hydrogen-bond acceptors (Lipinski definition) is 4. The standard InChI is InChI=1S/C13H15NO5S/c1-20(18,19)7-8-2-4-9(5-3-8)14-12(15)10-6-11(10)13(16)17/h2-5,10-11H,6-7H2,1H3,(H,14,15)(H,16,17). The van der Waals surface area contributed by atoms with Gasteiger partial charge in [0.2, 0.25) is 5.91 Å². The fraction of sp³-hybridized carbons (Fsp3) is 0.385. The van der Waals surface area contributed by atoms with Crippen LogP contribution < -0.4 is 5.32 Å². The van der Waals surface area contributed by atoms with Crippen molar-refractivity contribution in [3.63, 3.8) is 0 Å². The van der Waals surface area contributed by atoms with Crippen molar-refractivity contribution >= 4 is 27.4 Å². The molecule has 0 saturated heterocycles. The van der Waals surface area contributed by atoms with E-state index >= 15 is 0 Å². The lowest BCUT2D eigenvalue weighted by Gasteiger charge is -2.05. The van der Waals surface area contributed by atoms with Crippen molar-refractivity contribution in [1.82, 2.24) is 0 Å². The van der Waals surface area contributed by atoms with E-state index in [-0.39, 0.29) is 11.7 Å². The number of hydrogen-bond donors (Lipinski definition) is 2. The molecule has 20 heavy (non-hydrogen) atoms. The lowest BCUT2D eigenvalue weighted by Crippen LogP contribution is -2.16. The van der Waals surface area contributed by atoms with Gasteiger partial charge >= 0.3 is 5.97 Å². The van der Waals surface area contributed by atoms with Crippen molar-refractivity contribution in [3.8, 4) is 0 Å². The molecule has 2 rings (SSSR count). The van der Waals surface area contributed by atoms with Gasteiger partial charge in [0.1, 0.15) is 0 Å². The van der Waals surface area contributed by atoms with Gasteiger partial charge in [-0.05, 0) is 24.1 Å². The van der Waals surface area contributed by atoms with Gasteiger partial charge in [0.15, 0.2) is 9.84 Å². The molecule has 1 aliphatic carbocycles. The number of anilines is 1. The van der Waals surface area contributed by atoms with E-state index in [2.05, 4.69) is 5.32 Å². The fourth-order valence-electron chi connectivity index (χ4n) is 1.98. The Morgan fingerprint density at radius 2 is 1.85 bits per heavy atom. The number of benzene rings is 1. The van der Waals surface area contributed by atoms with E-state index < -0.39 is 27.6 Å². The molecule has 1 fully saturated rings. The van der Waals surface area contributed by atoms with E-state index in [0.29, 0.717) is 17.7 Å². The quantitative estimate of drug-likeness (QED) is 0.840. The summed E-state index contributed by atoms with van der Waals surface area (Å²) in [6, 6.07) is 6.46. The minimum absolute atomic E-state index is 0.0507. The molecule has 1 amide bonds. The van der Waals surface area contributed by atoms with Crippen LogP contribution in [0.25, 0.3) is 0 Å². The van der Waals surface area contributed by atoms with Crippen LogP contribution >= 0.6 is 0 Å². The van der Waals surface area contributed by atoms with E-state index in [1.54, 1.807) is 24.3 Å². The number of sulfone groups is 1. The Labute approximate surface area is 116 Å². The van der Waals surface area contributed by atoms with Crippen LogP contribution in [0, 0.1) is 11.8 Å². The summed E-state index contributed by atoms with van der Waals surface area (Å²) in [5.41, 5.74) is 1.17. The Bertz CT molecular complexity index is 635. The summed E-state index contributed by atoms with van der Waals surface area (Å²) < 4.78 is 22.3. The number of rotatable bonds is 5. The maximum atomic E-state index is 11.7. The molecule has 0 heterocycles. The highest BCUT2D eigenvalue weighted by Gasteiger charge is 2.48. The molecule has 2 N–H and O–H groups in total. The summed E-state index contributed by atoms with van der Waals surface area (Å²) in [6.07, 6.45) is 1.52. The summed E-state index contributed by atoms with van der Waals surface area (Å²) >= 11 is 0. The summed E-state index contributed by atoms with van der Waals surface area (Å²) in [4.78, 5) is 22.4. The molecule has 0 bridgehead atoms. The lowest BCUT2D eigenvalue weighted by atomic mass is 10.2. The molecule has 1 saturated carbocycles. The molecule has 1 aromatic carbocycles. The third kappa shape index (κ3) is 3.80. The Kier molecular flexibility index (Phi) is 3.80. The third-order valence-electron chi connectivity index (χ3n) is 3.09. The van der Waals surface area contributed by atoms with Crippen LogP contribution in [-0.4, -0.2) is 31.7 Å². The first-order chi connectivity index (χ1) is 9.26. The smallest absolute Gasteiger partial charge is 0.307 e. The maximum absolute atomic E-state index is 11.7. The Balaban J connectivity index is 1.94. The molecule has 0 radical (unpaired) electrons. The number of aliphatic carboxylic acids is 1. The first-order valence-electron chi connectivity index (χ1n) is 6.06. The molecular formula is C13H15NO5S. The number of carboxylic acids is 1. The van der Waals surface area contributed by atoms with Crippen LogP contribution in [0.1, 0.15) is 12.0 Å². The average molecular weight is 297 g/mol. The molecular weight excluding hydrogens is 282 g/mol. The molecule has 0 aliphatic heterocycles. The first kappa shape index (κ1) is 14.5. The van der Waals surface area contributed by atoms with Crippen molar-refractivity contribution in [2.75, 3.05) is 11.6 Å². The van der Waals surface area contributed by atoms with Gasteiger partial charge < -0.3 is 10.4 Å². The van der Waals surface area contributed by atoms with Gasteiger partial charge in [-0.25, -0.2) is 8.42 Å². The average Bonchev–Trinajstić information content (AvgIpc) is 3.09. The molecule has 0 spiro atoms. The van der Waals surface area contributed by atoms with E-state index in [9.17, 15) is 18.0 Å². The largest absolute Gasteiger partial charge is 0.481 e. The summed E-state index contributed by atoms with van der Waals surface area (Å²) in [7, 11) is -3.09. The minimum Gasteiger partial charge on any atom is -0.481 e. The van der Waals surface area contributed by atoms with E-state index in [1.165, 1.54) is 0 Å². The molecule has 1 aliphatic rings. The number of carbonyl (C=O) groups is 2.